The zero-order valence-corrected chi connectivity index (χ0v) is 10.9. The van der Waals surface area contributed by atoms with E-state index in [1.165, 1.54) is 5.56 Å². The van der Waals surface area contributed by atoms with Crippen molar-refractivity contribution in [3.63, 3.8) is 0 Å². The van der Waals surface area contributed by atoms with Crippen molar-refractivity contribution >= 4 is 11.3 Å². The van der Waals surface area contributed by atoms with E-state index < -0.39 is 0 Å². The van der Waals surface area contributed by atoms with Crippen LogP contribution in [0.5, 0.6) is 0 Å². The molecule has 0 atom stereocenters. The van der Waals surface area contributed by atoms with Crippen molar-refractivity contribution in [2.75, 3.05) is 21.1 Å². The SMILES string of the molecule is CC(=O)c1cc(C[N+](C)(C)C)c2ccccn12. The first kappa shape index (κ1) is 11.9. The molecule has 2 heterocycles. The van der Waals surface area contributed by atoms with Crippen molar-refractivity contribution in [2.24, 2.45) is 0 Å². The van der Waals surface area contributed by atoms with E-state index in [2.05, 4.69) is 27.2 Å². The van der Waals surface area contributed by atoms with E-state index in [4.69, 9.17) is 0 Å². The average molecular weight is 231 g/mol. The minimum atomic E-state index is 0.110. The quantitative estimate of drug-likeness (QED) is 0.587. The van der Waals surface area contributed by atoms with E-state index in [1.54, 1.807) is 6.92 Å². The van der Waals surface area contributed by atoms with E-state index in [9.17, 15) is 4.79 Å². The summed E-state index contributed by atoms with van der Waals surface area (Å²) in [6, 6.07) is 8.05. The van der Waals surface area contributed by atoms with Crippen molar-refractivity contribution in [3.05, 3.63) is 41.7 Å². The van der Waals surface area contributed by atoms with Crippen LogP contribution in [0.2, 0.25) is 0 Å². The summed E-state index contributed by atoms with van der Waals surface area (Å²) >= 11 is 0. The predicted octanol–water partition coefficient (Wildman–Crippen LogP) is 2.35. The van der Waals surface area contributed by atoms with E-state index in [0.29, 0.717) is 0 Å². The summed E-state index contributed by atoms with van der Waals surface area (Å²) in [6.07, 6.45) is 1.95. The number of hydrogen-bond donors (Lipinski definition) is 0. The van der Waals surface area contributed by atoms with Crippen LogP contribution in [0.3, 0.4) is 0 Å². The molecule has 2 aromatic rings. The van der Waals surface area contributed by atoms with Crippen LogP contribution in [0.4, 0.5) is 0 Å². The summed E-state index contributed by atoms with van der Waals surface area (Å²) in [7, 11) is 6.46. The fraction of sp³-hybridized carbons (Fsp3) is 0.357. The molecule has 3 heteroatoms. The van der Waals surface area contributed by atoms with Crippen molar-refractivity contribution in [2.45, 2.75) is 13.5 Å². The number of fused-ring (bicyclic) bond motifs is 1. The molecule has 0 aromatic carbocycles. The Kier molecular flexibility index (Phi) is 2.79. The Hall–Kier alpha value is -1.61. The van der Waals surface area contributed by atoms with Gasteiger partial charge in [0, 0.05) is 18.7 Å². The smallest absolute Gasteiger partial charge is 0.176 e. The highest BCUT2D eigenvalue weighted by atomic mass is 16.1. The molecule has 0 fully saturated rings. The van der Waals surface area contributed by atoms with Crippen molar-refractivity contribution in [1.29, 1.82) is 0 Å². The van der Waals surface area contributed by atoms with Crippen molar-refractivity contribution < 1.29 is 9.28 Å². The van der Waals surface area contributed by atoms with Gasteiger partial charge in [0.1, 0.15) is 6.54 Å². The van der Waals surface area contributed by atoms with Gasteiger partial charge in [-0.15, -0.1) is 0 Å². The average Bonchev–Trinajstić information content (AvgIpc) is 2.55. The minimum absolute atomic E-state index is 0.110. The van der Waals surface area contributed by atoms with Gasteiger partial charge in [-0.05, 0) is 18.2 Å². The number of nitrogens with zero attached hydrogens (tertiary/aromatic N) is 2. The molecule has 0 amide bonds. The lowest BCUT2D eigenvalue weighted by atomic mass is 10.2. The summed E-state index contributed by atoms with van der Waals surface area (Å²) in [5, 5.41) is 0. The molecule has 0 aliphatic carbocycles. The van der Waals surface area contributed by atoms with Gasteiger partial charge in [-0.2, -0.15) is 0 Å². The second-order valence-corrected chi connectivity index (χ2v) is 5.52. The van der Waals surface area contributed by atoms with Gasteiger partial charge in [0.15, 0.2) is 5.78 Å². The monoisotopic (exact) mass is 231 g/mol. The number of carbonyl (C=O) groups is 1. The Bertz CT molecular complexity index is 561. The van der Waals surface area contributed by atoms with Gasteiger partial charge < -0.3 is 8.88 Å². The van der Waals surface area contributed by atoms with Gasteiger partial charge in [0.2, 0.25) is 0 Å². The Labute approximate surface area is 102 Å². The first-order valence-corrected chi connectivity index (χ1v) is 5.79. The highest BCUT2D eigenvalue weighted by Crippen LogP contribution is 2.20. The summed E-state index contributed by atoms with van der Waals surface area (Å²) in [4.78, 5) is 11.6. The molecule has 0 saturated carbocycles. The molecule has 0 unspecified atom stereocenters. The number of rotatable bonds is 3. The van der Waals surface area contributed by atoms with E-state index in [-0.39, 0.29) is 5.78 Å². The fourth-order valence-electron chi connectivity index (χ4n) is 2.13. The van der Waals surface area contributed by atoms with Gasteiger partial charge >= 0.3 is 0 Å². The molecular formula is C14H19N2O+. The largest absolute Gasteiger partial charge is 0.327 e. The zero-order valence-electron chi connectivity index (χ0n) is 10.9. The lowest BCUT2D eigenvalue weighted by Gasteiger charge is -2.23. The Morgan fingerprint density at radius 3 is 2.59 bits per heavy atom. The number of Topliss-reactive ketones (excluding diaryl/α,β-unsaturated/α-hetero) is 1. The number of hydrogen-bond acceptors (Lipinski definition) is 1. The fourth-order valence-corrected chi connectivity index (χ4v) is 2.13. The van der Waals surface area contributed by atoms with Crippen LogP contribution < -0.4 is 0 Å². The number of aromatic nitrogens is 1. The Morgan fingerprint density at radius 1 is 1.29 bits per heavy atom. The van der Waals surface area contributed by atoms with Crippen LogP contribution in [-0.4, -0.2) is 35.8 Å². The molecule has 0 bridgehead atoms. The molecular weight excluding hydrogens is 212 g/mol. The molecule has 2 rings (SSSR count). The molecule has 0 spiro atoms. The standard InChI is InChI=1S/C14H19N2O/c1-11(17)14-9-12(10-16(2,3)4)13-7-5-6-8-15(13)14/h5-9H,10H2,1-4H3/q+1. The molecule has 2 aromatic heterocycles. The van der Waals surface area contributed by atoms with E-state index >= 15 is 0 Å². The number of ketones is 1. The minimum Gasteiger partial charge on any atom is -0.327 e. The van der Waals surface area contributed by atoms with Crippen molar-refractivity contribution in [1.82, 2.24) is 4.40 Å². The number of pyridine rings is 1. The molecule has 0 aliphatic rings. The summed E-state index contributed by atoms with van der Waals surface area (Å²) in [6.45, 7) is 2.53. The van der Waals surface area contributed by atoms with Crippen LogP contribution in [0.1, 0.15) is 23.0 Å². The molecule has 0 N–H and O–H groups in total. The van der Waals surface area contributed by atoms with Crippen LogP contribution in [0, 0.1) is 0 Å². The van der Waals surface area contributed by atoms with Gasteiger partial charge in [-0.3, -0.25) is 4.79 Å². The molecule has 0 radical (unpaired) electrons. The summed E-state index contributed by atoms with van der Waals surface area (Å²) in [5.74, 6) is 0.110. The number of quaternary nitrogens is 1. The highest BCUT2D eigenvalue weighted by molar-refractivity contribution is 5.94. The third-order valence-electron chi connectivity index (χ3n) is 2.76. The first-order valence-electron chi connectivity index (χ1n) is 5.79. The van der Waals surface area contributed by atoms with Crippen LogP contribution in [-0.2, 0) is 6.54 Å². The summed E-state index contributed by atoms with van der Waals surface area (Å²) < 4.78 is 2.83. The van der Waals surface area contributed by atoms with Crippen molar-refractivity contribution in [3.8, 4) is 0 Å². The van der Waals surface area contributed by atoms with Crippen LogP contribution in [0.25, 0.3) is 5.52 Å². The lowest BCUT2D eigenvalue weighted by molar-refractivity contribution is -0.883. The van der Waals surface area contributed by atoms with Gasteiger partial charge in [-0.1, -0.05) is 6.07 Å². The maximum atomic E-state index is 11.6. The van der Waals surface area contributed by atoms with Gasteiger partial charge in [-0.25, -0.2) is 0 Å². The van der Waals surface area contributed by atoms with Gasteiger partial charge in [0.05, 0.1) is 32.4 Å². The normalized spacial score (nSPS) is 12.0. The predicted molar refractivity (Wildman–Crippen MR) is 69.1 cm³/mol. The molecule has 0 saturated heterocycles. The zero-order chi connectivity index (χ0) is 12.6. The van der Waals surface area contributed by atoms with Crippen LogP contribution >= 0.6 is 0 Å². The number of carbonyl (C=O) groups excluding carboxylic acids is 1. The maximum Gasteiger partial charge on any atom is 0.176 e. The summed E-state index contributed by atoms with van der Waals surface area (Å²) in [5.41, 5.74) is 3.12. The third kappa shape index (κ3) is 2.39. The van der Waals surface area contributed by atoms with E-state index in [0.717, 1.165) is 22.2 Å². The second kappa shape index (κ2) is 4.00. The Balaban J connectivity index is 2.61. The van der Waals surface area contributed by atoms with Gasteiger partial charge in [0.25, 0.3) is 0 Å². The highest BCUT2D eigenvalue weighted by Gasteiger charge is 2.16. The third-order valence-corrected chi connectivity index (χ3v) is 2.76. The maximum absolute atomic E-state index is 11.6. The molecule has 17 heavy (non-hydrogen) atoms. The first-order chi connectivity index (χ1) is 7.88. The topological polar surface area (TPSA) is 21.5 Å². The molecule has 3 nitrogen and oxygen atoms in total. The molecule has 90 valence electrons. The molecule has 0 aliphatic heterocycles. The van der Waals surface area contributed by atoms with Crippen LogP contribution in [0.15, 0.2) is 30.5 Å². The lowest BCUT2D eigenvalue weighted by Crippen LogP contribution is -2.33. The second-order valence-electron chi connectivity index (χ2n) is 5.52. The Morgan fingerprint density at radius 2 is 2.00 bits per heavy atom. The van der Waals surface area contributed by atoms with E-state index in [1.807, 2.05) is 28.8 Å².